The average molecular weight is 235 g/mol. The topological polar surface area (TPSA) is 12.4 Å². The van der Waals surface area contributed by atoms with Gasteiger partial charge in [-0.3, -0.25) is 4.99 Å². The van der Waals surface area contributed by atoms with Crippen LogP contribution in [0.25, 0.3) is 0 Å². The summed E-state index contributed by atoms with van der Waals surface area (Å²) in [5.41, 5.74) is 3.99. The van der Waals surface area contributed by atoms with Gasteiger partial charge >= 0.3 is 0 Å². The van der Waals surface area contributed by atoms with Crippen molar-refractivity contribution in [2.45, 2.75) is 12.8 Å². The number of hydrogen-bond donors (Lipinski definition) is 0. The van der Waals surface area contributed by atoms with Crippen LogP contribution in [-0.2, 0) is 6.42 Å². The molecule has 0 N–H and O–H groups in total. The maximum absolute atomic E-state index is 4.70. The second-order valence-corrected chi connectivity index (χ2v) is 4.81. The molecule has 1 nitrogen and oxygen atoms in total. The molecule has 0 unspecified atom stereocenters. The number of hydrogen-bond acceptors (Lipinski definition) is 1. The average Bonchev–Trinajstić information content (AvgIpc) is 2.89. The van der Waals surface area contributed by atoms with Crippen LogP contribution in [0.15, 0.2) is 65.7 Å². The predicted molar refractivity (Wildman–Crippen MR) is 76.1 cm³/mol. The van der Waals surface area contributed by atoms with Crippen LogP contribution in [-0.4, -0.2) is 12.3 Å². The van der Waals surface area contributed by atoms with Gasteiger partial charge in [0.05, 0.1) is 0 Å². The Kier molecular flexibility index (Phi) is 3.22. The minimum Gasteiger partial charge on any atom is -0.289 e. The fourth-order valence-electron chi connectivity index (χ4n) is 2.64. The van der Waals surface area contributed by atoms with Gasteiger partial charge in [0.15, 0.2) is 0 Å². The highest BCUT2D eigenvalue weighted by molar-refractivity contribution is 6.03. The van der Waals surface area contributed by atoms with E-state index in [1.165, 1.54) is 23.3 Å². The third-order valence-corrected chi connectivity index (χ3v) is 3.54. The Morgan fingerprint density at radius 3 is 2.28 bits per heavy atom. The van der Waals surface area contributed by atoms with Crippen molar-refractivity contribution in [1.29, 1.82) is 0 Å². The SMILES string of the molecule is c1ccc(C[C@H]2CCN=C2c2ccccc2)cc1. The molecule has 0 spiro atoms. The van der Waals surface area contributed by atoms with Gasteiger partial charge in [-0.1, -0.05) is 60.7 Å². The molecule has 1 heteroatoms. The van der Waals surface area contributed by atoms with Crippen LogP contribution < -0.4 is 0 Å². The monoisotopic (exact) mass is 235 g/mol. The van der Waals surface area contributed by atoms with Crippen LogP contribution in [0.1, 0.15) is 17.5 Å². The molecule has 0 saturated carbocycles. The minimum atomic E-state index is 0.579. The zero-order valence-corrected chi connectivity index (χ0v) is 10.4. The van der Waals surface area contributed by atoms with Gasteiger partial charge in [0.2, 0.25) is 0 Å². The lowest BCUT2D eigenvalue weighted by molar-refractivity contribution is 0.675. The summed E-state index contributed by atoms with van der Waals surface area (Å²) in [6.07, 6.45) is 2.29. The normalized spacial score (nSPS) is 18.7. The molecular formula is C17H17N. The van der Waals surface area contributed by atoms with Crippen LogP contribution in [0.5, 0.6) is 0 Å². The Morgan fingerprint density at radius 2 is 1.56 bits per heavy atom. The van der Waals surface area contributed by atoms with Crippen molar-refractivity contribution in [3.05, 3.63) is 71.8 Å². The van der Waals surface area contributed by atoms with Crippen molar-refractivity contribution >= 4 is 5.71 Å². The van der Waals surface area contributed by atoms with E-state index in [0.717, 1.165) is 13.0 Å². The van der Waals surface area contributed by atoms with Crippen LogP contribution >= 0.6 is 0 Å². The highest BCUT2D eigenvalue weighted by atomic mass is 14.8. The molecule has 0 aromatic heterocycles. The minimum absolute atomic E-state index is 0.579. The Morgan fingerprint density at radius 1 is 0.889 bits per heavy atom. The van der Waals surface area contributed by atoms with Crippen LogP contribution in [0.4, 0.5) is 0 Å². The van der Waals surface area contributed by atoms with Crippen LogP contribution in [0.2, 0.25) is 0 Å². The van der Waals surface area contributed by atoms with Gasteiger partial charge in [-0.15, -0.1) is 0 Å². The predicted octanol–water partition coefficient (Wildman–Crippen LogP) is 3.74. The first-order chi connectivity index (χ1) is 8.93. The number of benzene rings is 2. The van der Waals surface area contributed by atoms with E-state index in [2.05, 4.69) is 60.7 Å². The summed E-state index contributed by atoms with van der Waals surface area (Å²) in [6, 6.07) is 21.3. The van der Waals surface area contributed by atoms with Crippen molar-refractivity contribution in [3.63, 3.8) is 0 Å². The summed E-state index contributed by atoms with van der Waals surface area (Å²) in [6.45, 7) is 0.974. The molecule has 0 fully saturated rings. The fraction of sp³-hybridized carbons (Fsp3) is 0.235. The molecule has 2 aromatic rings. The molecule has 0 amide bonds. The van der Waals surface area contributed by atoms with E-state index >= 15 is 0 Å². The molecule has 3 rings (SSSR count). The lowest BCUT2D eigenvalue weighted by Crippen LogP contribution is -2.14. The van der Waals surface area contributed by atoms with Crippen molar-refractivity contribution in [3.8, 4) is 0 Å². The lowest BCUT2D eigenvalue weighted by Gasteiger charge is -2.13. The van der Waals surface area contributed by atoms with Gasteiger partial charge < -0.3 is 0 Å². The molecule has 1 aliphatic heterocycles. The lowest BCUT2D eigenvalue weighted by atomic mass is 9.90. The Labute approximate surface area is 108 Å². The smallest absolute Gasteiger partial charge is 0.0455 e. The third-order valence-electron chi connectivity index (χ3n) is 3.54. The standard InChI is InChI=1S/C17H17N/c1-3-7-14(8-4-1)13-16-11-12-18-17(16)15-9-5-2-6-10-15/h1-10,16H,11-13H2/t16-/m1/s1. The zero-order valence-electron chi connectivity index (χ0n) is 10.4. The van der Waals surface area contributed by atoms with E-state index in [9.17, 15) is 0 Å². The molecule has 0 bridgehead atoms. The summed E-state index contributed by atoms with van der Waals surface area (Å²) in [5, 5.41) is 0. The van der Waals surface area contributed by atoms with Crippen molar-refractivity contribution in [2.24, 2.45) is 10.9 Å². The molecule has 0 radical (unpaired) electrons. The van der Waals surface area contributed by atoms with Gasteiger partial charge in [0, 0.05) is 18.2 Å². The first-order valence-electron chi connectivity index (χ1n) is 6.57. The highest BCUT2D eigenvalue weighted by Crippen LogP contribution is 2.23. The van der Waals surface area contributed by atoms with Crippen LogP contribution in [0.3, 0.4) is 0 Å². The molecule has 90 valence electrons. The molecule has 2 aromatic carbocycles. The van der Waals surface area contributed by atoms with Gasteiger partial charge in [-0.25, -0.2) is 0 Å². The summed E-state index contributed by atoms with van der Waals surface area (Å²) in [4.78, 5) is 4.70. The van der Waals surface area contributed by atoms with E-state index in [0.29, 0.717) is 5.92 Å². The molecule has 0 aliphatic carbocycles. The maximum Gasteiger partial charge on any atom is 0.0455 e. The maximum atomic E-state index is 4.70. The summed E-state index contributed by atoms with van der Waals surface area (Å²) < 4.78 is 0. The molecule has 1 heterocycles. The molecule has 0 saturated heterocycles. The Hall–Kier alpha value is -1.89. The molecule has 1 atom stereocenters. The second-order valence-electron chi connectivity index (χ2n) is 4.81. The quantitative estimate of drug-likeness (QED) is 0.768. The van der Waals surface area contributed by atoms with E-state index in [4.69, 9.17) is 4.99 Å². The van der Waals surface area contributed by atoms with E-state index < -0.39 is 0 Å². The highest BCUT2D eigenvalue weighted by Gasteiger charge is 2.22. The fourth-order valence-corrected chi connectivity index (χ4v) is 2.64. The van der Waals surface area contributed by atoms with E-state index in [1.807, 2.05) is 0 Å². The molecule has 18 heavy (non-hydrogen) atoms. The van der Waals surface area contributed by atoms with Crippen LogP contribution in [0, 0.1) is 5.92 Å². The van der Waals surface area contributed by atoms with Gasteiger partial charge in [0.1, 0.15) is 0 Å². The van der Waals surface area contributed by atoms with Crippen molar-refractivity contribution < 1.29 is 0 Å². The molecule has 1 aliphatic rings. The summed E-state index contributed by atoms with van der Waals surface area (Å²) >= 11 is 0. The summed E-state index contributed by atoms with van der Waals surface area (Å²) in [7, 11) is 0. The molecular weight excluding hydrogens is 218 g/mol. The zero-order chi connectivity index (χ0) is 12.2. The number of nitrogens with zero attached hydrogens (tertiary/aromatic N) is 1. The Balaban J connectivity index is 1.80. The summed E-state index contributed by atoms with van der Waals surface area (Å²) in [5.74, 6) is 0.579. The van der Waals surface area contributed by atoms with Crippen molar-refractivity contribution in [1.82, 2.24) is 0 Å². The van der Waals surface area contributed by atoms with Gasteiger partial charge in [-0.2, -0.15) is 0 Å². The van der Waals surface area contributed by atoms with E-state index in [1.54, 1.807) is 0 Å². The second kappa shape index (κ2) is 5.18. The number of aliphatic imine (C=N–C) groups is 1. The largest absolute Gasteiger partial charge is 0.289 e. The van der Waals surface area contributed by atoms with Gasteiger partial charge in [-0.05, 0) is 24.0 Å². The Bertz CT molecular complexity index is 528. The first-order valence-corrected chi connectivity index (χ1v) is 6.57. The number of rotatable bonds is 3. The first kappa shape index (κ1) is 11.2. The van der Waals surface area contributed by atoms with Gasteiger partial charge in [0.25, 0.3) is 0 Å². The van der Waals surface area contributed by atoms with Crippen molar-refractivity contribution in [2.75, 3.05) is 6.54 Å². The third kappa shape index (κ3) is 2.35. The van der Waals surface area contributed by atoms with E-state index in [-0.39, 0.29) is 0 Å².